The maximum Gasteiger partial charge on any atom is 0.294 e. The first-order chi connectivity index (χ1) is 12.5. The summed E-state index contributed by atoms with van der Waals surface area (Å²) >= 11 is 3.34. The van der Waals surface area contributed by atoms with Crippen LogP contribution in [0, 0.1) is 6.92 Å². The number of benzene rings is 1. The lowest BCUT2D eigenvalue weighted by molar-refractivity contribution is -0.116. The lowest BCUT2D eigenvalue weighted by atomic mass is 10.3. The number of nitrogens with one attached hydrogen (secondary N) is 1. The fraction of sp³-hybridized carbons (Fsp3) is 0.235. The van der Waals surface area contributed by atoms with Gasteiger partial charge < -0.3 is 10.2 Å². The van der Waals surface area contributed by atoms with Crippen LogP contribution in [0.15, 0.2) is 41.0 Å². The second kappa shape index (κ2) is 7.61. The minimum atomic E-state index is -0.414. The van der Waals surface area contributed by atoms with Crippen LogP contribution in [-0.4, -0.2) is 49.4 Å². The van der Waals surface area contributed by atoms with E-state index in [0.717, 1.165) is 10.2 Å². The highest BCUT2D eigenvalue weighted by molar-refractivity contribution is 9.10. The van der Waals surface area contributed by atoms with Gasteiger partial charge in [0.25, 0.3) is 11.7 Å². The van der Waals surface area contributed by atoms with E-state index >= 15 is 0 Å². The Balaban J connectivity index is 1.72. The van der Waals surface area contributed by atoms with Crippen LogP contribution in [0.2, 0.25) is 0 Å². The Morgan fingerprint density at radius 3 is 2.62 bits per heavy atom. The SMILES string of the molecule is CCN(CC(=O)Nc1ccc(Br)cc1)C(=O)c1nc2nccc(C)n2n1. The van der Waals surface area contributed by atoms with E-state index in [4.69, 9.17) is 0 Å². The summed E-state index contributed by atoms with van der Waals surface area (Å²) in [4.78, 5) is 34.5. The van der Waals surface area contributed by atoms with E-state index in [-0.39, 0.29) is 18.3 Å². The molecule has 9 heteroatoms. The van der Waals surface area contributed by atoms with Crippen LogP contribution in [-0.2, 0) is 4.79 Å². The Morgan fingerprint density at radius 1 is 1.23 bits per heavy atom. The van der Waals surface area contributed by atoms with Crippen molar-refractivity contribution in [2.45, 2.75) is 13.8 Å². The van der Waals surface area contributed by atoms with Crippen LogP contribution >= 0.6 is 15.9 Å². The molecule has 1 N–H and O–H groups in total. The number of halogens is 1. The maximum atomic E-state index is 12.7. The summed E-state index contributed by atoms with van der Waals surface area (Å²) in [6.07, 6.45) is 1.61. The first-order valence-corrected chi connectivity index (χ1v) is 8.80. The molecule has 0 bridgehead atoms. The van der Waals surface area contributed by atoms with E-state index in [1.54, 1.807) is 31.3 Å². The average Bonchev–Trinajstić information content (AvgIpc) is 3.07. The van der Waals surface area contributed by atoms with E-state index in [2.05, 4.69) is 36.3 Å². The molecule has 134 valence electrons. The second-order valence-corrected chi connectivity index (χ2v) is 6.52. The third-order valence-electron chi connectivity index (χ3n) is 3.75. The van der Waals surface area contributed by atoms with Gasteiger partial charge in [-0.25, -0.2) is 9.50 Å². The van der Waals surface area contributed by atoms with Crippen molar-refractivity contribution in [1.82, 2.24) is 24.5 Å². The largest absolute Gasteiger partial charge is 0.327 e. The minimum Gasteiger partial charge on any atom is -0.327 e. The third-order valence-corrected chi connectivity index (χ3v) is 4.28. The minimum absolute atomic E-state index is 0.0186. The number of carbonyl (C=O) groups is 2. The quantitative estimate of drug-likeness (QED) is 0.688. The molecule has 0 radical (unpaired) electrons. The van der Waals surface area contributed by atoms with Gasteiger partial charge in [0.15, 0.2) is 0 Å². The van der Waals surface area contributed by atoms with Crippen LogP contribution < -0.4 is 5.32 Å². The smallest absolute Gasteiger partial charge is 0.294 e. The second-order valence-electron chi connectivity index (χ2n) is 5.61. The highest BCUT2D eigenvalue weighted by atomic mass is 79.9. The Bertz CT molecular complexity index is 954. The molecule has 0 aliphatic heterocycles. The van der Waals surface area contributed by atoms with Gasteiger partial charge in [0.2, 0.25) is 11.7 Å². The van der Waals surface area contributed by atoms with Gasteiger partial charge in [-0.2, -0.15) is 4.98 Å². The average molecular weight is 417 g/mol. The van der Waals surface area contributed by atoms with Gasteiger partial charge >= 0.3 is 0 Å². The molecule has 0 aliphatic rings. The molecule has 0 saturated carbocycles. The molecule has 0 unspecified atom stereocenters. The van der Waals surface area contributed by atoms with Crippen molar-refractivity contribution in [2.24, 2.45) is 0 Å². The number of hydrogen-bond acceptors (Lipinski definition) is 5. The summed E-state index contributed by atoms with van der Waals surface area (Å²) in [5.74, 6) is -0.335. The number of nitrogens with zero attached hydrogens (tertiary/aromatic N) is 5. The number of carbonyl (C=O) groups excluding carboxylic acids is 2. The van der Waals surface area contributed by atoms with E-state index in [9.17, 15) is 9.59 Å². The summed E-state index contributed by atoms with van der Waals surface area (Å²) in [6.45, 7) is 3.91. The highest BCUT2D eigenvalue weighted by Crippen LogP contribution is 2.14. The predicted molar refractivity (Wildman–Crippen MR) is 99.9 cm³/mol. The van der Waals surface area contributed by atoms with Crippen LogP contribution in [0.1, 0.15) is 23.2 Å². The van der Waals surface area contributed by atoms with Crippen molar-refractivity contribution in [1.29, 1.82) is 0 Å². The first-order valence-electron chi connectivity index (χ1n) is 8.01. The molecule has 2 aromatic heterocycles. The molecule has 0 spiro atoms. The van der Waals surface area contributed by atoms with Gasteiger partial charge in [-0.05, 0) is 44.2 Å². The zero-order chi connectivity index (χ0) is 18.7. The molecule has 2 amide bonds. The molecule has 0 aliphatic carbocycles. The van der Waals surface area contributed by atoms with E-state index in [0.29, 0.717) is 18.0 Å². The molecule has 0 atom stereocenters. The standard InChI is InChI=1S/C17H17BrN6O2/c1-3-23(10-14(25)20-13-6-4-12(18)5-7-13)16(26)15-21-17-19-9-8-11(2)24(17)22-15/h4-9H,3,10H2,1-2H3,(H,20,25). The monoisotopic (exact) mass is 416 g/mol. The van der Waals surface area contributed by atoms with E-state index in [1.165, 1.54) is 9.42 Å². The van der Waals surface area contributed by atoms with Crippen LogP contribution in [0.4, 0.5) is 5.69 Å². The van der Waals surface area contributed by atoms with Gasteiger partial charge in [-0.1, -0.05) is 15.9 Å². The van der Waals surface area contributed by atoms with Crippen molar-refractivity contribution in [2.75, 3.05) is 18.4 Å². The van der Waals surface area contributed by atoms with Crippen molar-refractivity contribution < 1.29 is 9.59 Å². The molecule has 26 heavy (non-hydrogen) atoms. The lowest BCUT2D eigenvalue weighted by Crippen LogP contribution is -2.38. The van der Waals surface area contributed by atoms with E-state index in [1.807, 2.05) is 19.1 Å². The third kappa shape index (κ3) is 3.88. The van der Waals surface area contributed by atoms with Crippen molar-refractivity contribution >= 4 is 39.2 Å². The van der Waals surface area contributed by atoms with E-state index < -0.39 is 5.91 Å². The topological polar surface area (TPSA) is 92.5 Å². The van der Waals surface area contributed by atoms with Gasteiger partial charge in [-0.3, -0.25) is 9.59 Å². The molecular formula is C17H17BrN6O2. The van der Waals surface area contributed by atoms with Gasteiger partial charge in [0, 0.05) is 28.6 Å². The summed E-state index contributed by atoms with van der Waals surface area (Å²) in [5.41, 5.74) is 1.48. The number of hydrogen-bond donors (Lipinski definition) is 1. The number of rotatable bonds is 5. The Kier molecular flexibility index (Phi) is 5.27. The molecule has 0 saturated heterocycles. The fourth-order valence-electron chi connectivity index (χ4n) is 2.37. The maximum absolute atomic E-state index is 12.7. The summed E-state index contributed by atoms with van der Waals surface area (Å²) in [6, 6.07) is 8.98. The summed E-state index contributed by atoms with van der Waals surface area (Å²) in [7, 11) is 0. The number of anilines is 1. The molecule has 8 nitrogen and oxygen atoms in total. The van der Waals surface area contributed by atoms with Crippen molar-refractivity contribution in [3.8, 4) is 0 Å². The Labute approximate surface area is 158 Å². The molecule has 3 aromatic rings. The molecule has 0 fully saturated rings. The number of aryl methyl sites for hydroxylation is 1. The van der Waals surface area contributed by atoms with Gasteiger partial charge in [0.1, 0.15) is 6.54 Å². The zero-order valence-corrected chi connectivity index (χ0v) is 15.9. The number of amides is 2. The van der Waals surface area contributed by atoms with Crippen LogP contribution in [0.3, 0.4) is 0 Å². The number of aromatic nitrogens is 4. The van der Waals surface area contributed by atoms with Crippen molar-refractivity contribution in [3.05, 3.63) is 52.5 Å². The highest BCUT2D eigenvalue weighted by Gasteiger charge is 2.22. The predicted octanol–water partition coefficient (Wildman–Crippen LogP) is 2.30. The fourth-order valence-corrected chi connectivity index (χ4v) is 2.64. The van der Waals surface area contributed by atoms with Crippen LogP contribution in [0.5, 0.6) is 0 Å². The summed E-state index contributed by atoms with van der Waals surface area (Å²) < 4.78 is 2.42. The molecule has 3 rings (SSSR count). The normalized spacial score (nSPS) is 10.7. The number of fused-ring (bicyclic) bond motifs is 1. The van der Waals surface area contributed by atoms with Crippen molar-refractivity contribution in [3.63, 3.8) is 0 Å². The van der Waals surface area contributed by atoms with Gasteiger partial charge in [-0.15, -0.1) is 5.10 Å². The lowest BCUT2D eigenvalue weighted by Gasteiger charge is -2.18. The molecular weight excluding hydrogens is 400 g/mol. The molecule has 1 aromatic carbocycles. The Hall–Kier alpha value is -2.81. The van der Waals surface area contributed by atoms with Gasteiger partial charge in [0.05, 0.1) is 0 Å². The van der Waals surface area contributed by atoms with Crippen LogP contribution in [0.25, 0.3) is 5.78 Å². The number of likely N-dealkylation sites (N-methyl/N-ethyl adjacent to an activating group) is 1. The first kappa shape index (κ1) is 18.0. The Morgan fingerprint density at radius 2 is 1.96 bits per heavy atom. The molecule has 2 heterocycles. The summed E-state index contributed by atoms with van der Waals surface area (Å²) in [5, 5.41) is 6.96. The zero-order valence-electron chi connectivity index (χ0n) is 14.3.